The van der Waals surface area contributed by atoms with E-state index < -0.39 is 0 Å². The topological polar surface area (TPSA) is 106 Å². The lowest BCUT2D eigenvalue weighted by Gasteiger charge is -2.14. The van der Waals surface area contributed by atoms with Gasteiger partial charge in [-0.2, -0.15) is 0 Å². The summed E-state index contributed by atoms with van der Waals surface area (Å²) in [6.07, 6.45) is 2.47. The van der Waals surface area contributed by atoms with E-state index in [0.717, 1.165) is 17.9 Å². The van der Waals surface area contributed by atoms with Crippen LogP contribution < -0.4 is 20.7 Å². The molecule has 0 radical (unpaired) electrons. The molecule has 10 heteroatoms. The van der Waals surface area contributed by atoms with Crippen molar-refractivity contribution < 1.29 is 23.4 Å². The number of carbonyl (C=O) groups excluding carboxylic acids is 1. The summed E-state index contributed by atoms with van der Waals surface area (Å²) in [5.74, 6) is 1.79. The molecule has 0 aliphatic heterocycles. The number of hydrogen-bond donors (Lipinski definition) is 3. The molecule has 0 aliphatic carbocycles. The number of amides is 1. The van der Waals surface area contributed by atoms with E-state index in [1.807, 2.05) is 38.1 Å². The molecule has 1 amide bonds. The molecule has 2 aromatic rings. The van der Waals surface area contributed by atoms with Crippen molar-refractivity contribution in [2.75, 3.05) is 45.3 Å². The summed E-state index contributed by atoms with van der Waals surface area (Å²) in [4.78, 5) is 16.6. The molecule has 1 aromatic carbocycles. The monoisotopic (exact) mass is 574 g/mol. The van der Waals surface area contributed by atoms with Crippen LogP contribution >= 0.6 is 24.0 Å². The average Bonchev–Trinajstić information content (AvgIpc) is 3.30. The molecule has 0 spiro atoms. The highest BCUT2D eigenvalue weighted by atomic mass is 127. The van der Waals surface area contributed by atoms with E-state index in [0.29, 0.717) is 44.6 Å². The van der Waals surface area contributed by atoms with Gasteiger partial charge in [-0.15, -0.1) is 24.0 Å². The van der Waals surface area contributed by atoms with Gasteiger partial charge in [0, 0.05) is 25.9 Å². The van der Waals surface area contributed by atoms with Crippen molar-refractivity contribution in [1.29, 1.82) is 0 Å². The zero-order valence-electron chi connectivity index (χ0n) is 19.5. The molecule has 9 nitrogen and oxygen atoms in total. The number of carbonyl (C=O) groups is 1. The van der Waals surface area contributed by atoms with Crippen LogP contribution in [0.4, 0.5) is 5.69 Å². The quantitative estimate of drug-likeness (QED) is 0.138. The second kappa shape index (κ2) is 17.2. The van der Waals surface area contributed by atoms with Crippen molar-refractivity contribution in [1.82, 2.24) is 10.6 Å². The molecular weight excluding hydrogens is 539 g/mol. The van der Waals surface area contributed by atoms with Gasteiger partial charge in [0.15, 0.2) is 5.96 Å². The SMILES string of the molecule is COCCOCCCNC(=NCC(=O)NCc1ccco1)Nc1ccc(OC(C)C)cc1.I. The average molecular weight is 574 g/mol. The minimum atomic E-state index is -0.203. The first-order chi connectivity index (χ1) is 15.6. The van der Waals surface area contributed by atoms with Crippen molar-refractivity contribution in [3.63, 3.8) is 0 Å². The van der Waals surface area contributed by atoms with E-state index in [4.69, 9.17) is 18.6 Å². The lowest BCUT2D eigenvalue weighted by molar-refractivity contribution is -0.119. The molecule has 1 aromatic heterocycles. The Hall–Kier alpha value is -2.31. The Labute approximate surface area is 212 Å². The molecule has 184 valence electrons. The van der Waals surface area contributed by atoms with Crippen LogP contribution in [-0.2, 0) is 20.8 Å². The van der Waals surface area contributed by atoms with Crippen LogP contribution in [-0.4, -0.2) is 58.0 Å². The lowest BCUT2D eigenvalue weighted by Crippen LogP contribution is -2.34. The van der Waals surface area contributed by atoms with Crippen molar-refractivity contribution in [3.8, 4) is 5.75 Å². The van der Waals surface area contributed by atoms with Gasteiger partial charge < -0.3 is 34.6 Å². The van der Waals surface area contributed by atoms with Crippen molar-refractivity contribution in [2.45, 2.75) is 32.9 Å². The van der Waals surface area contributed by atoms with Gasteiger partial charge in [-0.05, 0) is 56.7 Å². The van der Waals surface area contributed by atoms with Gasteiger partial charge in [-0.1, -0.05) is 0 Å². The summed E-state index contributed by atoms with van der Waals surface area (Å²) in [5.41, 5.74) is 0.833. The van der Waals surface area contributed by atoms with Gasteiger partial charge >= 0.3 is 0 Å². The fourth-order valence-electron chi connectivity index (χ4n) is 2.60. The molecule has 0 atom stereocenters. The molecular formula is C23H35IN4O5. The first-order valence-electron chi connectivity index (χ1n) is 10.7. The number of hydrogen-bond acceptors (Lipinski definition) is 6. The van der Waals surface area contributed by atoms with Gasteiger partial charge in [0.25, 0.3) is 0 Å². The van der Waals surface area contributed by atoms with Crippen LogP contribution in [0.25, 0.3) is 0 Å². The lowest BCUT2D eigenvalue weighted by atomic mass is 10.3. The van der Waals surface area contributed by atoms with Crippen LogP contribution in [0.2, 0.25) is 0 Å². The van der Waals surface area contributed by atoms with E-state index in [2.05, 4.69) is 20.9 Å². The van der Waals surface area contributed by atoms with Crippen molar-refractivity contribution in [3.05, 3.63) is 48.4 Å². The number of benzene rings is 1. The number of anilines is 1. The Kier molecular flexibility index (Phi) is 15.0. The Morgan fingerprint density at radius 1 is 1.09 bits per heavy atom. The third-order valence-electron chi connectivity index (χ3n) is 4.10. The highest BCUT2D eigenvalue weighted by Crippen LogP contribution is 2.16. The second-order valence-corrected chi connectivity index (χ2v) is 7.22. The third-order valence-corrected chi connectivity index (χ3v) is 4.10. The standard InChI is InChI=1S/C23H34N4O5.HI/c1-18(2)32-20-9-7-19(8-10-20)27-23(24-11-5-12-30-15-14-29-3)26-17-22(28)25-16-21-6-4-13-31-21;/h4,6-10,13,18H,5,11-12,14-17H2,1-3H3,(H,25,28)(H2,24,26,27);1H. The number of methoxy groups -OCH3 is 1. The maximum Gasteiger partial charge on any atom is 0.242 e. The number of ether oxygens (including phenoxy) is 3. The van der Waals surface area contributed by atoms with E-state index in [1.165, 1.54) is 0 Å². The molecule has 0 aliphatic rings. The predicted molar refractivity (Wildman–Crippen MR) is 139 cm³/mol. The number of halogens is 1. The molecule has 0 saturated carbocycles. The third kappa shape index (κ3) is 13.1. The number of rotatable bonds is 14. The summed E-state index contributed by atoms with van der Waals surface area (Å²) in [6, 6.07) is 11.2. The minimum Gasteiger partial charge on any atom is -0.491 e. The van der Waals surface area contributed by atoms with E-state index in [1.54, 1.807) is 25.5 Å². The summed E-state index contributed by atoms with van der Waals surface area (Å²) < 4.78 is 21.3. The first-order valence-corrected chi connectivity index (χ1v) is 10.7. The highest BCUT2D eigenvalue weighted by Gasteiger charge is 2.06. The first kappa shape index (κ1) is 28.7. The van der Waals surface area contributed by atoms with E-state index in [-0.39, 0.29) is 42.5 Å². The Morgan fingerprint density at radius 2 is 1.88 bits per heavy atom. The Morgan fingerprint density at radius 3 is 2.55 bits per heavy atom. The van der Waals surface area contributed by atoms with Crippen LogP contribution in [0.15, 0.2) is 52.1 Å². The molecule has 0 unspecified atom stereocenters. The number of nitrogens with zero attached hydrogens (tertiary/aromatic N) is 1. The summed E-state index contributed by atoms with van der Waals surface area (Å²) in [5, 5.41) is 9.23. The Bertz CT molecular complexity index is 798. The molecule has 1 heterocycles. The highest BCUT2D eigenvalue weighted by molar-refractivity contribution is 14.0. The largest absolute Gasteiger partial charge is 0.491 e. The number of nitrogens with one attached hydrogen (secondary N) is 3. The van der Waals surface area contributed by atoms with Crippen LogP contribution in [0.3, 0.4) is 0 Å². The smallest absolute Gasteiger partial charge is 0.242 e. The fourth-order valence-corrected chi connectivity index (χ4v) is 2.60. The van der Waals surface area contributed by atoms with E-state index >= 15 is 0 Å². The molecule has 33 heavy (non-hydrogen) atoms. The summed E-state index contributed by atoms with van der Waals surface area (Å²) in [6.45, 7) is 6.66. The van der Waals surface area contributed by atoms with E-state index in [9.17, 15) is 4.79 Å². The zero-order chi connectivity index (χ0) is 23.0. The normalized spacial score (nSPS) is 11.1. The number of furan rings is 1. The van der Waals surface area contributed by atoms with Crippen LogP contribution in [0.1, 0.15) is 26.0 Å². The number of aliphatic imine (C=N–C) groups is 1. The Balaban J connectivity index is 0.00000544. The zero-order valence-corrected chi connectivity index (χ0v) is 21.8. The second-order valence-electron chi connectivity index (χ2n) is 7.22. The summed E-state index contributed by atoms with van der Waals surface area (Å²) >= 11 is 0. The predicted octanol–water partition coefficient (Wildman–Crippen LogP) is 3.41. The molecule has 3 N–H and O–H groups in total. The number of guanidine groups is 1. The molecule has 2 rings (SSSR count). The van der Waals surface area contributed by atoms with Gasteiger partial charge in [0.05, 0.1) is 32.1 Å². The van der Waals surface area contributed by atoms with Crippen molar-refractivity contribution in [2.24, 2.45) is 4.99 Å². The van der Waals surface area contributed by atoms with Gasteiger partial charge in [0.2, 0.25) is 5.91 Å². The van der Waals surface area contributed by atoms with Gasteiger partial charge in [-0.25, -0.2) is 4.99 Å². The molecule has 0 saturated heterocycles. The minimum absolute atomic E-state index is 0. The van der Waals surface area contributed by atoms with Crippen LogP contribution in [0.5, 0.6) is 5.75 Å². The van der Waals surface area contributed by atoms with Crippen molar-refractivity contribution >= 4 is 41.5 Å². The molecule has 0 bridgehead atoms. The summed E-state index contributed by atoms with van der Waals surface area (Å²) in [7, 11) is 1.64. The maximum absolute atomic E-state index is 12.2. The van der Waals surface area contributed by atoms with Gasteiger partial charge in [-0.3, -0.25) is 4.79 Å². The molecule has 0 fully saturated rings. The van der Waals surface area contributed by atoms with Gasteiger partial charge in [0.1, 0.15) is 18.1 Å². The maximum atomic E-state index is 12.2. The fraction of sp³-hybridized carbons (Fsp3) is 0.478. The van der Waals surface area contributed by atoms with Crippen LogP contribution in [0, 0.1) is 0 Å².